The van der Waals surface area contributed by atoms with Gasteiger partial charge < -0.3 is 28.1 Å². The summed E-state index contributed by atoms with van der Waals surface area (Å²) in [6, 6.07) is 9.04. The lowest BCUT2D eigenvalue weighted by Crippen LogP contribution is -2.36. The molecule has 2 rings (SSSR count). The van der Waals surface area contributed by atoms with Gasteiger partial charge in [-0.25, -0.2) is 9.59 Å². The zero-order chi connectivity index (χ0) is 20.2. The fraction of sp³-hybridized carbons (Fsp3) is 0.353. The van der Waals surface area contributed by atoms with Crippen LogP contribution in [-0.2, 0) is 28.1 Å². The van der Waals surface area contributed by atoms with Gasteiger partial charge in [-0.2, -0.15) is 0 Å². The third-order valence-corrected chi connectivity index (χ3v) is 4.32. The molecule has 0 saturated heterocycles. The summed E-state index contributed by atoms with van der Waals surface area (Å²) in [5, 5.41) is 4.10. The second-order valence-corrected chi connectivity index (χ2v) is 6.21. The number of benzene rings is 1. The predicted octanol–water partition coefficient (Wildman–Crippen LogP) is 1.87. The highest BCUT2D eigenvalue weighted by molar-refractivity contribution is 14.1. The van der Waals surface area contributed by atoms with Gasteiger partial charge in [0.15, 0.2) is 23.0 Å². The first-order valence-corrected chi connectivity index (χ1v) is 9.32. The third kappa shape index (κ3) is 7.87. The molecule has 148 valence electrons. The molecule has 0 aliphatic rings. The molecule has 0 radical (unpaired) electrons. The average Bonchev–Trinajstić information content (AvgIpc) is 3.11. The number of aromatic amines is 1. The molecule has 0 saturated carbocycles. The molecule has 0 aliphatic carbocycles. The molecule has 2 aromatic rings. The van der Waals surface area contributed by atoms with Crippen LogP contribution in [0.4, 0.5) is 0 Å². The van der Waals surface area contributed by atoms with Crippen LogP contribution in [-0.4, -0.2) is 42.3 Å². The van der Waals surface area contributed by atoms with E-state index in [1.807, 2.05) is 24.3 Å². The van der Waals surface area contributed by atoms with Gasteiger partial charge in [-0.05, 0) is 31.0 Å². The largest absolute Gasteiger partial charge is 0.393 e. The number of nitrogens with two attached hydrogens (primary N) is 1. The van der Waals surface area contributed by atoms with E-state index in [4.69, 9.17) is 8.80 Å². The Bertz CT molecular complexity index is 722. The molecule has 0 aliphatic heterocycles. The molecule has 27 heavy (non-hydrogen) atoms. The van der Waals surface area contributed by atoms with Gasteiger partial charge in [-0.15, -0.1) is 0 Å². The Labute approximate surface area is 176 Å². The summed E-state index contributed by atoms with van der Waals surface area (Å²) < 4.78 is 8.73. The van der Waals surface area contributed by atoms with Crippen LogP contribution in [0.2, 0.25) is 0 Å². The van der Waals surface area contributed by atoms with Crippen LogP contribution < -0.4 is 11.1 Å². The summed E-state index contributed by atoms with van der Waals surface area (Å²) in [5.41, 5.74) is 7.34. The summed E-state index contributed by atoms with van der Waals surface area (Å²) >= 11 is 4.87. The van der Waals surface area contributed by atoms with E-state index in [-0.39, 0.29) is 18.4 Å². The van der Waals surface area contributed by atoms with Crippen LogP contribution in [0.25, 0.3) is 10.9 Å². The van der Waals surface area contributed by atoms with Crippen LogP contribution in [0.3, 0.4) is 0 Å². The van der Waals surface area contributed by atoms with Gasteiger partial charge in [-0.3, -0.25) is 0 Å². The molecule has 4 N–H and O–H groups in total. The van der Waals surface area contributed by atoms with E-state index in [0.717, 1.165) is 16.6 Å². The van der Waals surface area contributed by atoms with Crippen molar-refractivity contribution in [1.29, 1.82) is 0 Å². The zero-order valence-electron chi connectivity index (χ0n) is 14.7. The maximum absolute atomic E-state index is 11.5. The number of carbonyl (C=O) groups is 3. The molecule has 10 heteroatoms. The summed E-state index contributed by atoms with van der Waals surface area (Å²) in [7, 11) is 1.75. The Kier molecular flexibility index (Phi) is 11.0. The SMILES string of the molecule is CNC(Cc1cc2ccccc2[nH]1)C(=O)OI.NC(CCC=O)C(=O)OS. The number of likely N-dealkylation sites (N-methyl/N-ethyl adjacent to an activating group) is 1. The number of nitrogens with one attached hydrogen (secondary N) is 2. The van der Waals surface area contributed by atoms with E-state index in [1.54, 1.807) is 30.1 Å². The van der Waals surface area contributed by atoms with Crippen molar-refractivity contribution in [3.05, 3.63) is 36.0 Å². The molecule has 8 nitrogen and oxygen atoms in total. The van der Waals surface area contributed by atoms with Gasteiger partial charge in [-0.1, -0.05) is 18.2 Å². The first-order valence-electron chi connectivity index (χ1n) is 8.07. The van der Waals surface area contributed by atoms with Crippen molar-refractivity contribution >= 4 is 65.0 Å². The van der Waals surface area contributed by atoms with Gasteiger partial charge >= 0.3 is 11.9 Å². The lowest BCUT2D eigenvalue weighted by Gasteiger charge is -2.10. The minimum absolute atomic E-state index is 0.258. The number of aromatic nitrogens is 1. The molecule has 0 amide bonds. The Morgan fingerprint density at radius 1 is 1.37 bits per heavy atom. The molecule has 0 spiro atoms. The van der Waals surface area contributed by atoms with E-state index in [2.05, 4.69) is 33.5 Å². The van der Waals surface area contributed by atoms with Gasteiger partial charge in [0.1, 0.15) is 18.4 Å². The highest BCUT2D eigenvalue weighted by Crippen LogP contribution is 2.16. The number of para-hydroxylation sites is 1. The molecule has 2 atom stereocenters. The van der Waals surface area contributed by atoms with E-state index >= 15 is 0 Å². The Hall–Kier alpha value is -1.63. The second kappa shape index (κ2) is 12.7. The van der Waals surface area contributed by atoms with E-state index in [1.165, 1.54) is 0 Å². The van der Waals surface area contributed by atoms with Crippen molar-refractivity contribution in [1.82, 2.24) is 10.3 Å². The topological polar surface area (TPSA) is 124 Å². The van der Waals surface area contributed by atoms with Crippen molar-refractivity contribution in [2.75, 3.05) is 7.05 Å². The smallest absolute Gasteiger partial charge is 0.334 e. The average molecular weight is 507 g/mol. The van der Waals surface area contributed by atoms with E-state index < -0.39 is 12.0 Å². The van der Waals surface area contributed by atoms with Crippen molar-refractivity contribution in [2.45, 2.75) is 31.3 Å². The van der Waals surface area contributed by atoms with Gasteiger partial charge in [0.2, 0.25) is 0 Å². The maximum Gasteiger partial charge on any atom is 0.334 e. The summed E-state index contributed by atoms with van der Waals surface area (Å²) in [6.45, 7) is 0. The first-order chi connectivity index (χ1) is 13.0. The Morgan fingerprint density at radius 2 is 2.07 bits per heavy atom. The standard InChI is InChI=1S/C12H13IN2O2.C5H9NO3S/c1-14-11(12(16)17-13)7-9-6-8-4-2-3-5-10(8)15-9;6-4(2-1-3-7)5(8)9-10/h2-6,11,14-15H,7H2,1H3;3-4,10H,1-2,6H2. The van der Waals surface area contributed by atoms with Gasteiger partial charge in [0.05, 0.1) is 0 Å². The lowest BCUT2D eigenvalue weighted by molar-refractivity contribution is -0.135. The lowest BCUT2D eigenvalue weighted by atomic mass is 10.1. The van der Waals surface area contributed by atoms with Crippen molar-refractivity contribution in [3.8, 4) is 0 Å². The summed E-state index contributed by atoms with van der Waals surface area (Å²) in [5.74, 6) is -0.864. The van der Waals surface area contributed by atoms with Crippen LogP contribution in [0, 0.1) is 0 Å². The number of fused-ring (bicyclic) bond motifs is 1. The third-order valence-electron chi connectivity index (χ3n) is 3.71. The number of carbonyl (C=O) groups excluding carboxylic acids is 3. The monoisotopic (exact) mass is 507 g/mol. The molecular weight excluding hydrogens is 485 g/mol. The number of aldehydes is 1. The minimum atomic E-state index is -0.734. The van der Waals surface area contributed by atoms with Crippen molar-refractivity contribution in [2.24, 2.45) is 5.73 Å². The van der Waals surface area contributed by atoms with Gasteiger partial charge in [0, 0.05) is 37.0 Å². The molecule has 0 bridgehead atoms. The maximum atomic E-state index is 11.5. The molecule has 2 unspecified atom stereocenters. The van der Waals surface area contributed by atoms with Crippen molar-refractivity contribution < 1.29 is 21.6 Å². The zero-order valence-corrected chi connectivity index (χ0v) is 17.7. The van der Waals surface area contributed by atoms with Crippen molar-refractivity contribution in [3.63, 3.8) is 0 Å². The predicted molar refractivity (Wildman–Crippen MR) is 113 cm³/mol. The van der Waals surface area contributed by atoms with Crippen LogP contribution in [0.1, 0.15) is 18.5 Å². The second-order valence-electron chi connectivity index (χ2n) is 5.58. The van der Waals surface area contributed by atoms with E-state index in [9.17, 15) is 14.4 Å². The fourth-order valence-corrected chi connectivity index (χ4v) is 2.70. The fourth-order valence-electron chi connectivity index (χ4n) is 2.25. The normalized spacial score (nSPS) is 12.4. The molecule has 1 heterocycles. The van der Waals surface area contributed by atoms with E-state index in [0.29, 0.717) is 19.1 Å². The highest BCUT2D eigenvalue weighted by atomic mass is 127. The quantitative estimate of drug-likeness (QED) is 0.186. The minimum Gasteiger partial charge on any atom is -0.393 e. The Balaban J connectivity index is 0.000000314. The first kappa shape index (κ1) is 23.4. The number of halogens is 1. The van der Waals surface area contributed by atoms with Gasteiger partial charge in [0.25, 0.3) is 0 Å². The molecular formula is C17H22IN3O5S. The number of hydrogen-bond donors (Lipinski definition) is 4. The number of H-pyrrole nitrogens is 1. The van der Waals surface area contributed by atoms with Crippen LogP contribution >= 0.6 is 35.9 Å². The number of rotatable bonds is 8. The molecule has 0 fully saturated rings. The molecule has 1 aromatic heterocycles. The van der Waals surface area contributed by atoms with Crippen LogP contribution in [0.5, 0.6) is 0 Å². The summed E-state index contributed by atoms with van der Waals surface area (Å²) in [6.07, 6.45) is 1.87. The number of hydrogen-bond acceptors (Lipinski definition) is 8. The highest BCUT2D eigenvalue weighted by Gasteiger charge is 2.18. The summed E-state index contributed by atoms with van der Waals surface area (Å²) in [4.78, 5) is 35.0. The molecule has 1 aromatic carbocycles. The van der Waals surface area contributed by atoms with Crippen LogP contribution in [0.15, 0.2) is 30.3 Å². The number of thiol groups is 1. The Morgan fingerprint density at radius 3 is 2.63 bits per heavy atom.